The van der Waals surface area contributed by atoms with Crippen molar-refractivity contribution in [1.29, 1.82) is 0 Å². The van der Waals surface area contributed by atoms with E-state index in [0.29, 0.717) is 38.0 Å². The first kappa shape index (κ1) is 23.3. The van der Waals surface area contributed by atoms with Gasteiger partial charge in [-0.1, -0.05) is 13.0 Å². The Kier molecular flexibility index (Phi) is 7.79. The van der Waals surface area contributed by atoms with Gasteiger partial charge in [-0.2, -0.15) is 0 Å². The molecule has 0 saturated heterocycles. The third kappa shape index (κ3) is 5.75. The molecular formula is C25H28N6O3. The minimum atomic E-state index is -0.156. The number of ether oxygens (including phenoxy) is 2. The van der Waals surface area contributed by atoms with Crippen molar-refractivity contribution in [2.24, 2.45) is 4.99 Å². The molecule has 3 aromatic rings. The third-order valence-electron chi connectivity index (χ3n) is 5.22. The highest BCUT2D eigenvalue weighted by atomic mass is 16.5. The van der Waals surface area contributed by atoms with E-state index in [9.17, 15) is 4.79 Å². The van der Waals surface area contributed by atoms with Gasteiger partial charge in [-0.05, 0) is 41.9 Å². The van der Waals surface area contributed by atoms with Gasteiger partial charge in [0.15, 0.2) is 0 Å². The summed E-state index contributed by atoms with van der Waals surface area (Å²) in [6.07, 6.45) is 5.30. The van der Waals surface area contributed by atoms with E-state index in [4.69, 9.17) is 9.47 Å². The van der Waals surface area contributed by atoms with Crippen LogP contribution in [0.5, 0.6) is 5.75 Å². The molecule has 0 fully saturated rings. The fraction of sp³-hybridized carbons (Fsp3) is 0.280. The molecule has 176 valence electrons. The smallest absolute Gasteiger partial charge is 0.240 e. The van der Waals surface area contributed by atoms with E-state index >= 15 is 0 Å². The topological polar surface area (TPSA) is 110 Å². The predicted molar refractivity (Wildman–Crippen MR) is 132 cm³/mol. The van der Waals surface area contributed by atoms with Gasteiger partial charge in [-0.25, -0.2) is 4.99 Å². The second-order valence-electron chi connectivity index (χ2n) is 7.64. The Morgan fingerprint density at radius 3 is 2.85 bits per heavy atom. The molecule has 1 aromatic carbocycles. The number of carbonyl (C=O) groups is 1. The normalized spacial score (nSPS) is 12.4. The van der Waals surface area contributed by atoms with Crippen LogP contribution in [0.3, 0.4) is 0 Å². The lowest BCUT2D eigenvalue weighted by atomic mass is 9.96. The van der Waals surface area contributed by atoms with Gasteiger partial charge in [0.05, 0.1) is 31.1 Å². The molecule has 0 aliphatic carbocycles. The first-order chi connectivity index (χ1) is 16.7. The van der Waals surface area contributed by atoms with Crippen molar-refractivity contribution in [2.75, 3.05) is 38.7 Å². The summed E-state index contributed by atoms with van der Waals surface area (Å²) in [7, 11) is 1.64. The van der Waals surface area contributed by atoms with Crippen LogP contribution in [-0.2, 0) is 16.1 Å². The second kappa shape index (κ2) is 11.4. The zero-order valence-corrected chi connectivity index (χ0v) is 19.3. The number of nitrogens with one attached hydrogen (secondary N) is 3. The lowest BCUT2D eigenvalue weighted by Crippen LogP contribution is -2.42. The SMILES string of the molecule is CCNCC(=O)NC1=NCc2cc(-c3cccnc3)cc(-c3cc(OCCOC)ccn3)c2N1. The van der Waals surface area contributed by atoms with E-state index in [2.05, 4.69) is 43.0 Å². The summed E-state index contributed by atoms with van der Waals surface area (Å²) in [4.78, 5) is 25.6. The van der Waals surface area contributed by atoms with Crippen LogP contribution in [-0.4, -0.2) is 55.2 Å². The number of aromatic nitrogens is 2. The van der Waals surface area contributed by atoms with Crippen LogP contribution < -0.4 is 20.7 Å². The summed E-state index contributed by atoms with van der Waals surface area (Å²) in [5, 5.41) is 9.14. The van der Waals surface area contributed by atoms with Crippen molar-refractivity contribution < 1.29 is 14.3 Å². The summed E-state index contributed by atoms with van der Waals surface area (Å²) in [6.45, 7) is 4.25. The maximum Gasteiger partial charge on any atom is 0.240 e. The highest BCUT2D eigenvalue weighted by molar-refractivity contribution is 6.08. The molecule has 3 heterocycles. The minimum Gasteiger partial charge on any atom is -0.491 e. The van der Waals surface area contributed by atoms with Crippen LogP contribution in [0.4, 0.5) is 5.69 Å². The standard InChI is InChI=1S/C25H28N6O3/c1-3-26-16-23(32)30-25-29-15-19-11-18(17-5-4-7-27-14-17)12-21(24(19)31-25)22-13-20(6-8-28-22)34-10-9-33-2/h4-8,11-14,26H,3,9-10,15-16H2,1-2H3,(H2,29,30,31,32). The lowest BCUT2D eigenvalue weighted by molar-refractivity contribution is -0.118. The maximum atomic E-state index is 12.2. The molecule has 0 atom stereocenters. The number of carbonyl (C=O) groups excluding carboxylic acids is 1. The van der Waals surface area contributed by atoms with Gasteiger partial charge in [-0.15, -0.1) is 0 Å². The highest BCUT2D eigenvalue weighted by Crippen LogP contribution is 2.37. The number of hydrogen-bond acceptors (Lipinski definition) is 8. The van der Waals surface area contributed by atoms with E-state index < -0.39 is 0 Å². The number of benzene rings is 1. The molecule has 1 aliphatic rings. The number of aliphatic imine (C=N–C) groups is 1. The van der Waals surface area contributed by atoms with Crippen molar-refractivity contribution in [2.45, 2.75) is 13.5 Å². The largest absolute Gasteiger partial charge is 0.491 e. The summed E-state index contributed by atoms with van der Waals surface area (Å²) in [6, 6.07) is 11.8. The van der Waals surface area contributed by atoms with Gasteiger partial charge in [0.2, 0.25) is 11.9 Å². The molecule has 34 heavy (non-hydrogen) atoms. The number of methoxy groups -OCH3 is 1. The van der Waals surface area contributed by atoms with E-state index in [1.54, 1.807) is 19.5 Å². The Labute approximate surface area is 198 Å². The first-order valence-corrected chi connectivity index (χ1v) is 11.2. The third-order valence-corrected chi connectivity index (χ3v) is 5.22. The van der Waals surface area contributed by atoms with Crippen molar-refractivity contribution in [1.82, 2.24) is 20.6 Å². The molecule has 3 N–H and O–H groups in total. The average molecular weight is 461 g/mol. The van der Waals surface area contributed by atoms with Crippen molar-refractivity contribution in [3.8, 4) is 28.1 Å². The summed E-state index contributed by atoms with van der Waals surface area (Å²) >= 11 is 0. The predicted octanol–water partition coefficient (Wildman–Crippen LogP) is 2.84. The molecule has 1 aliphatic heterocycles. The second-order valence-corrected chi connectivity index (χ2v) is 7.64. The molecular weight excluding hydrogens is 432 g/mol. The monoisotopic (exact) mass is 460 g/mol. The number of likely N-dealkylation sites (N-methyl/N-ethyl adjacent to an activating group) is 1. The zero-order valence-electron chi connectivity index (χ0n) is 19.3. The van der Waals surface area contributed by atoms with E-state index in [1.165, 1.54) is 0 Å². The minimum absolute atomic E-state index is 0.156. The van der Waals surface area contributed by atoms with Crippen molar-refractivity contribution in [3.05, 3.63) is 60.6 Å². The summed E-state index contributed by atoms with van der Waals surface area (Å²) in [5.41, 5.74) is 5.46. The Bertz CT molecular complexity index is 1170. The van der Waals surface area contributed by atoms with Crippen LogP contribution in [0, 0.1) is 0 Å². The highest BCUT2D eigenvalue weighted by Gasteiger charge is 2.20. The quantitative estimate of drug-likeness (QED) is 0.421. The molecule has 1 amide bonds. The number of guanidine groups is 1. The zero-order chi connectivity index (χ0) is 23.8. The van der Waals surface area contributed by atoms with Crippen LogP contribution in [0.1, 0.15) is 12.5 Å². The fourth-order valence-corrected chi connectivity index (χ4v) is 3.58. The van der Waals surface area contributed by atoms with E-state index in [1.807, 2.05) is 37.4 Å². The van der Waals surface area contributed by atoms with Crippen LogP contribution >= 0.6 is 0 Å². The van der Waals surface area contributed by atoms with Crippen LogP contribution in [0.2, 0.25) is 0 Å². The Morgan fingerprint density at radius 1 is 1.15 bits per heavy atom. The fourth-order valence-electron chi connectivity index (χ4n) is 3.58. The van der Waals surface area contributed by atoms with Crippen molar-refractivity contribution >= 4 is 17.6 Å². The van der Waals surface area contributed by atoms with Gasteiger partial charge < -0.3 is 20.1 Å². The molecule has 0 spiro atoms. The molecule has 2 aromatic heterocycles. The number of fused-ring (bicyclic) bond motifs is 1. The Hall–Kier alpha value is -3.82. The maximum absolute atomic E-state index is 12.2. The Morgan fingerprint density at radius 2 is 2.06 bits per heavy atom. The number of hydrogen-bond donors (Lipinski definition) is 3. The lowest BCUT2D eigenvalue weighted by Gasteiger charge is -2.23. The molecule has 0 radical (unpaired) electrons. The van der Waals surface area contributed by atoms with Gasteiger partial charge in [0, 0.05) is 42.9 Å². The Balaban J connectivity index is 1.69. The number of rotatable bonds is 9. The summed E-state index contributed by atoms with van der Waals surface area (Å²) in [5.74, 6) is 0.959. The molecule has 4 rings (SSSR count). The van der Waals surface area contributed by atoms with Gasteiger partial charge in [0.25, 0.3) is 0 Å². The molecule has 0 bridgehead atoms. The number of pyridine rings is 2. The number of amides is 1. The molecule has 9 nitrogen and oxygen atoms in total. The van der Waals surface area contributed by atoms with Crippen LogP contribution in [0.25, 0.3) is 22.4 Å². The average Bonchev–Trinajstić information content (AvgIpc) is 2.88. The first-order valence-electron chi connectivity index (χ1n) is 11.2. The van der Waals surface area contributed by atoms with Gasteiger partial charge in [0.1, 0.15) is 12.4 Å². The molecule has 0 unspecified atom stereocenters. The van der Waals surface area contributed by atoms with Crippen LogP contribution in [0.15, 0.2) is 60.0 Å². The molecule has 0 saturated carbocycles. The van der Waals surface area contributed by atoms with Crippen molar-refractivity contribution in [3.63, 3.8) is 0 Å². The van der Waals surface area contributed by atoms with E-state index in [0.717, 1.165) is 33.6 Å². The van der Waals surface area contributed by atoms with Gasteiger partial charge >= 0.3 is 0 Å². The summed E-state index contributed by atoms with van der Waals surface area (Å²) < 4.78 is 10.9. The molecule has 9 heteroatoms. The number of nitrogens with zero attached hydrogens (tertiary/aromatic N) is 3. The number of anilines is 1. The van der Waals surface area contributed by atoms with E-state index in [-0.39, 0.29) is 12.5 Å². The van der Waals surface area contributed by atoms with Gasteiger partial charge in [-0.3, -0.25) is 20.1 Å².